The molecule has 1 heterocycles. The van der Waals surface area contributed by atoms with E-state index in [0.717, 1.165) is 18.2 Å². The molecule has 2 aromatic carbocycles. The lowest BCUT2D eigenvalue weighted by Gasteiger charge is -2.14. The van der Waals surface area contributed by atoms with Crippen molar-refractivity contribution in [3.63, 3.8) is 0 Å². The Morgan fingerprint density at radius 2 is 1.81 bits per heavy atom. The molecule has 0 aliphatic carbocycles. The number of aromatic nitrogens is 2. The van der Waals surface area contributed by atoms with Crippen LogP contribution in [-0.4, -0.2) is 29.9 Å². The number of nitrogens with one attached hydrogen (secondary N) is 1. The molecule has 3 aromatic rings. The van der Waals surface area contributed by atoms with E-state index in [1.807, 2.05) is 0 Å². The molecule has 0 fully saturated rings. The lowest BCUT2D eigenvalue weighted by atomic mass is 10.1. The zero-order chi connectivity index (χ0) is 22.8. The van der Waals surface area contributed by atoms with Crippen LogP contribution in [-0.2, 0) is 17.4 Å². The van der Waals surface area contributed by atoms with E-state index in [9.17, 15) is 18.0 Å². The van der Waals surface area contributed by atoms with Gasteiger partial charge >= 0.3 is 6.18 Å². The first-order chi connectivity index (χ1) is 14.6. The van der Waals surface area contributed by atoms with Crippen LogP contribution in [0.25, 0.3) is 5.69 Å². The summed E-state index contributed by atoms with van der Waals surface area (Å²) < 4.78 is 51.0. The van der Waals surface area contributed by atoms with Gasteiger partial charge in [0.1, 0.15) is 5.82 Å². The van der Waals surface area contributed by atoms with E-state index in [1.165, 1.54) is 18.9 Å². The van der Waals surface area contributed by atoms with E-state index in [0.29, 0.717) is 22.8 Å². The highest BCUT2D eigenvalue weighted by Crippen LogP contribution is 2.34. The largest absolute Gasteiger partial charge is 0.493 e. The molecule has 31 heavy (non-hydrogen) atoms. The number of aryl methyl sites for hydroxylation is 1. The van der Waals surface area contributed by atoms with Crippen LogP contribution < -0.4 is 14.8 Å². The average molecular weight is 454 g/mol. The number of hydrogen-bond acceptors (Lipinski definition) is 4. The molecule has 0 aliphatic heterocycles. The van der Waals surface area contributed by atoms with E-state index < -0.39 is 17.6 Å². The van der Waals surface area contributed by atoms with Gasteiger partial charge in [-0.25, -0.2) is 4.68 Å². The van der Waals surface area contributed by atoms with Crippen molar-refractivity contribution in [3.8, 4) is 17.2 Å². The van der Waals surface area contributed by atoms with Crippen LogP contribution >= 0.6 is 11.6 Å². The Hall–Kier alpha value is -3.20. The highest BCUT2D eigenvalue weighted by molar-refractivity contribution is 6.32. The van der Waals surface area contributed by atoms with Crippen molar-refractivity contribution in [2.24, 2.45) is 0 Å². The number of carbonyl (C=O) groups is 1. The maximum atomic E-state index is 13.1. The van der Waals surface area contributed by atoms with E-state index in [1.54, 1.807) is 31.2 Å². The molecule has 0 saturated carbocycles. The number of rotatable bonds is 6. The molecule has 3 rings (SSSR count). The first kappa shape index (κ1) is 22.5. The first-order valence-corrected chi connectivity index (χ1v) is 9.44. The molecular formula is C21H19ClF3N3O3. The number of carbonyl (C=O) groups excluding carboxylic acids is 1. The molecular weight excluding hydrogens is 435 g/mol. The van der Waals surface area contributed by atoms with Gasteiger partial charge in [-0.1, -0.05) is 17.7 Å². The fourth-order valence-electron chi connectivity index (χ4n) is 2.99. The topological polar surface area (TPSA) is 65.4 Å². The normalized spacial score (nSPS) is 11.3. The molecule has 164 valence electrons. The minimum Gasteiger partial charge on any atom is -0.493 e. The predicted molar refractivity (Wildman–Crippen MR) is 110 cm³/mol. The van der Waals surface area contributed by atoms with Gasteiger partial charge in [0, 0.05) is 6.07 Å². The van der Waals surface area contributed by atoms with Gasteiger partial charge in [-0.05, 0) is 42.8 Å². The Bertz CT molecular complexity index is 1110. The van der Waals surface area contributed by atoms with Gasteiger partial charge < -0.3 is 14.8 Å². The molecule has 1 N–H and O–H groups in total. The van der Waals surface area contributed by atoms with Crippen molar-refractivity contribution in [1.29, 1.82) is 0 Å². The number of ether oxygens (including phenoxy) is 2. The summed E-state index contributed by atoms with van der Waals surface area (Å²) in [4.78, 5) is 12.6. The van der Waals surface area contributed by atoms with Gasteiger partial charge in [-0.3, -0.25) is 4.79 Å². The molecule has 0 spiro atoms. The van der Waals surface area contributed by atoms with Crippen molar-refractivity contribution in [2.75, 3.05) is 19.5 Å². The van der Waals surface area contributed by atoms with Crippen LogP contribution in [0.4, 0.5) is 19.0 Å². The third-order valence-electron chi connectivity index (χ3n) is 4.41. The maximum absolute atomic E-state index is 13.1. The number of amides is 1. The number of hydrogen-bond donors (Lipinski definition) is 1. The smallest absolute Gasteiger partial charge is 0.416 e. The number of halogens is 4. The maximum Gasteiger partial charge on any atom is 0.416 e. The first-order valence-electron chi connectivity index (χ1n) is 9.07. The summed E-state index contributed by atoms with van der Waals surface area (Å²) in [6, 6.07) is 9.53. The minimum absolute atomic E-state index is 0.000898. The molecule has 0 aliphatic rings. The van der Waals surface area contributed by atoms with Crippen LogP contribution in [0.15, 0.2) is 42.5 Å². The lowest BCUT2D eigenvalue weighted by molar-refractivity contribution is -0.137. The molecule has 10 heteroatoms. The SMILES string of the molecule is COc1ccc(CC(=O)Nc2cc(C)nn2-c2cc(C(F)(F)F)ccc2Cl)cc1OC. The van der Waals surface area contributed by atoms with Crippen LogP contribution in [0.5, 0.6) is 11.5 Å². The molecule has 0 atom stereocenters. The highest BCUT2D eigenvalue weighted by atomic mass is 35.5. The zero-order valence-electron chi connectivity index (χ0n) is 16.9. The second-order valence-corrected chi connectivity index (χ2v) is 7.07. The van der Waals surface area contributed by atoms with Crippen molar-refractivity contribution in [1.82, 2.24) is 9.78 Å². The minimum atomic E-state index is -4.54. The van der Waals surface area contributed by atoms with Crippen molar-refractivity contribution >= 4 is 23.3 Å². The van der Waals surface area contributed by atoms with E-state index in [4.69, 9.17) is 21.1 Å². The van der Waals surface area contributed by atoms with Gasteiger partial charge in [0.25, 0.3) is 0 Å². The summed E-state index contributed by atoms with van der Waals surface area (Å²) in [5.41, 5.74) is 0.290. The van der Waals surface area contributed by atoms with E-state index in [-0.39, 0.29) is 22.9 Å². The van der Waals surface area contributed by atoms with Gasteiger partial charge in [-0.15, -0.1) is 0 Å². The quantitative estimate of drug-likeness (QED) is 0.567. The van der Waals surface area contributed by atoms with Crippen molar-refractivity contribution < 1.29 is 27.4 Å². The van der Waals surface area contributed by atoms with Crippen molar-refractivity contribution in [2.45, 2.75) is 19.5 Å². The summed E-state index contributed by atoms with van der Waals surface area (Å²) >= 11 is 6.12. The van der Waals surface area contributed by atoms with Gasteiger partial charge in [0.2, 0.25) is 5.91 Å². The molecule has 6 nitrogen and oxygen atoms in total. The Balaban J connectivity index is 1.87. The summed E-state index contributed by atoms with van der Waals surface area (Å²) in [5, 5.41) is 6.93. The Kier molecular flexibility index (Phi) is 6.45. The Labute approximate surface area is 181 Å². The number of methoxy groups -OCH3 is 2. The fraction of sp³-hybridized carbons (Fsp3) is 0.238. The summed E-state index contributed by atoms with van der Waals surface area (Å²) in [5.74, 6) is 0.810. The zero-order valence-corrected chi connectivity index (χ0v) is 17.6. The molecule has 1 aromatic heterocycles. The number of benzene rings is 2. The number of alkyl halides is 3. The molecule has 0 unspecified atom stereocenters. The third kappa shape index (κ3) is 5.11. The molecule has 0 bridgehead atoms. The van der Waals surface area contributed by atoms with Gasteiger partial charge in [0.15, 0.2) is 11.5 Å². The number of nitrogens with zero attached hydrogens (tertiary/aromatic N) is 2. The van der Waals surface area contributed by atoms with E-state index >= 15 is 0 Å². The molecule has 0 saturated heterocycles. The van der Waals surface area contributed by atoms with Crippen LogP contribution in [0.2, 0.25) is 5.02 Å². The van der Waals surface area contributed by atoms with Crippen LogP contribution in [0.1, 0.15) is 16.8 Å². The van der Waals surface area contributed by atoms with Gasteiger partial charge in [-0.2, -0.15) is 18.3 Å². The third-order valence-corrected chi connectivity index (χ3v) is 4.73. The summed E-state index contributed by atoms with van der Waals surface area (Å²) in [6.07, 6.45) is -4.54. The van der Waals surface area contributed by atoms with Crippen molar-refractivity contribution in [3.05, 3.63) is 64.3 Å². The standard InChI is InChI=1S/C21H19ClF3N3O3/c1-12-8-19(26-20(29)10-13-4-7-17(30-2)18(9-13)31-3)28(27-12)16-11-14(21(23,24)25)5-6-15(16)22/h4-9,11H,10H2,1-3H3,(H,26,29). The monoisotopic (exact) mass is 453 g/mol. The van der Waals surface area contributed by atoms with Crippen LogP contribution in [0, 0.1) is 6.92 Å². The van der Waals surface area contributed by atoms with E-state index in [2.05, 4.69) is 10.4 Å². The molecule has 1 amide bonds. The highest BCUT2D eigenvalue weighted by Gasteiger charge is 2.31. The molecule has 0 radical (unpaired) electrons. The second-order valence-electron chi connectivity index (χ2n) is 6.66. The fourth-order valence-corrected chi connectivity index (χ4v) is 3.18. The predicted octanol–water partition coefficient (Wildman–Crippen LogP) is 5.05. The second kappa shape index (κ2) is 8.89. The Morgan fingerprint density at radius 3 is 2.45 bits per heavy atom. The summed E-state index contributed by atoms with van der Waals surface area (Å²) in [7, 11) is 2.99. The van der Waals surface area contributed by atoms with Gasteiger partial charge in [0.05, 0.1) is 42.6 Å². The Morgan fingerprint density at radius 1 is 1.10 bits per heavy atom. The number of anilines is 1. The summed E-state index contributed by atoms with van der Waals surface area (Å²) in [6.45, 7) is 1.65. The van der Waals surface area contributed by atoms with Crippen LogP contribution in [0.3, 0.4) is 0 Å². The lowest BCUT2D eigenvalue weighted by Crippen LogP contribution is -2.17. The average Bonchev–Trinajstić information content (AvgIpc) is 3.06.